The molecule has 4 aromatic rings. The standard InChI is InChI=1S/C16H9Cl2N5O/c17-10-1-4-15(13(18)5-10)22-9-20-14-3-2-11(6-12(14)16(22)24)23-8-19-7-21-23/h1-9H. The molecule has 4 rings (SSSR count). The van der Waals surface area contributed by atoms with E-state index >= 15 is 0 Å². The fourth-order valence-corrected chi connectivity index (χ4v) is 2.94. The van der Waals surface area contributed by atoms with E-state index in [4.69, 9.17) is 23.2 Å². The lowest BCUT2D eigenvalue weighted by molar-refractivity contribution is 0.879. The molecule has 118 valence electrons. The Kier molecular flexibility index (Phi) is 3.55. The molecule has 0 bridgehead atoms. The van der Waals surface area contributed by atoms with Crippen molar-refractivity contribution < 1.29 is 0 Å². The average molecular weight is 358 g/mol. The molecule has 2 aromatic heterocycles. The maximum Gasteiger partial charge on any atom is 0.265 e. The Labute approximate surface area is 145 Å². The van der Waals surface area contributed by atoms with Crippen LogP contribution in [0.4, 0.5) is 0 Å². The Morgan fingerprint density at radius 3 is 2.62 bits per heavy atom. The molecule has 0 aliphatic carbocycles. The Hall–Kier alpha value is -2.70. The van der Waals surface area contributed by atoms with Crippen molar-refractivity contribution in [3.63, 3.8) is 0 Å². The molecule has 8 heteroatoms. The predicted molar refractivity (Wildman–Crippen MR) is 92.3 cm³/mol. The van der Waals surface area contributed by atoms with Gasteiger partial charge in [-0.1, -0.05) is 23.2 Å². The second-order valence-electron chi connectivity index (χ2n) is 5.06. The molecule has 2 aromatic carbocycles. The lowest BCUT2D eigenvalue weighted by Crippen LogP contribution is -2.19. The number of rotatable bonds is 2. The van der Waals surface area contributed by atoms with Gasteiger partial charge in [0.1, 0.15) is 19.0 Å². The molecule has 0 radical (unpaired) electrons. The third-order valence-corrected chi connectivity index (χ3v) is 4.13. The summed E-state index contributed by atoms with van der Waals surface area (Å²) in [5.41, 5.74) is 1.60. The quantitative estimate of drug-likeness (QED) is 0.552. The van der Waals surface area contributed by atoms with Crippen molar-refractivity contribution in [2.75, 3.05) is 0 Å². The van der Waals surface area contributed by atoms with Gasteiger partial charge in [0.25, 0.3) is 5.56 Å². The van der Waals surface area contributed by atoms with Crippen LogP contribution in [0.1, 0.15) is 0 Å². The van der Waals surface area contributed by atoms with Crippen molar-refractivity contribution in [1.82, 2.24) is 24.3 Å². The summed E-state index contributed by atoms with van der Waals surface area (Å²) in [5.74, 6) is 0. The average Bonchev–Trinajstić information content (AvgIpc) is 3.10. The largest absolute Gasteiger partial charge is 0.268 e. The van der Waals surface area contributed by atoms with Gasteiger partial charge in [-0.3, -0.25) is 9.36 Å². The van der Waals surface area contributed by atoms with E-state index in [1.807, 2.05) is 6.07 Å². The van der Waals surface area contributed by atoms with Crippen LogP contribution < -0.4 is 5.56 Å². The van der Waals surface area contributed by atoms with E-state index in [9.17, 15) is 4.79 Å². The van der Waals surface area contributed by atoms with E-state index < -0.39 is 0 Å². The topological polar surface area (TPSA) is 65.6 Å². The molecule has 0 fully saturated rings. The fraction of sp³-hybridized carbons (Fsp3) is 0. The summed E-state index contributed by atoms with van der Waals surface area (Å²) in [5, 5.41) is 5.40. The van der Waals surface area contributed by atoms with Crippen LogP contribution in [0.15, 0.2) is 60.2 Å². The Morgan fingerprint density at radius 2 is 1.88 bits per heavy atom. The minimum absolute atomic E-state index is 0.230. The first-order valence-electron chi connectivity index (χ1n) is 6.95. The number of aromatic nitrogens is 5. The third kappa shape index (κ3) is 2.46. The monoisotopic (exact) mass is 357 g/mol. The van der Waals surface area contributed by atoms with Gasteiger partial charge in [0.05, 0.1) is 27.3 Å². The van der Waals surface area contributed by atoms with Crippen molar-refractivity contribution in [3.05, 3.63) is 75.8 Å². The number of hydrogen-bond acceptors (Lipinski definition) is 4. The van der Waals surface area contributed by atoms with Crippen LogP contribution in [0.2, 0.25) is 10.0 Å². The molecule has 6 nitrogen and oxygen atoms in total. The van der Waals surface area contributed by atoms with Crippen LogP contribution in [0.5, 0.6) is 0 Å². The van der Waals surface area contributed by atoms with Gasteiger partial charge in [-0.15, -0.1) is 0 Å². The summed E-state index contributed by atoms with van der Waals surface area (Å²) in [6, 6.07) is 10.2. The molecule has 0 saturated carbocycles. The first-order chi connectivity index (χ1) is 11.6. The zero-order valence-corrected chi connectivity index (χ0v) is 13.6. The van der Waals surface area contributed by atoms with Gasteiger partial charge in [-0.2, -0.15) is 5.10 Å². The summed E-state index contributed by atoms with van der Waals surface area (Å²) in [6.45, 7) is 0. The minimum Gasteiger partial charge on any atom is -0.268 e. The molecule has 2 heterocycles. The molecule has 24 heavy (non-hydrogen) atoms. The van der Waals surface area contributed by atoms with Gasteiger partial charge in [-0.25, -0.2) is 14.6 Å². The lowest BCUT2D eigenvalue weighted by Gasteiger charge is -2.09. The summed E-state index contributed by atoms with van der Waals surface area (Å²) < 4.78 is 2.97. The minimum atomic E-state index is -0.230. The highest BCUT2D eigenvalue weighted by atomic mass is 35.5. The molecular formula is C16H9Cl2N5O. The van der Waals surface area contributed by atoms with Crippen molar-refractivity contribution in [3.8, 4) is 11.4 Å². The van der Waals surface area contributed by atoms with Gasteiger partial charge in [-0.05, 0) is 36.4 Å². The first kappa shape index (κ1) is 14.9. The Balaban J connectivity index is 1.95. The van der Waals surface area contributed by atoms with E-state index in [1.165, 1.54) is 17.2 Å². The third-order valence-electron chi connectivity index (χ3n) is 3.59. The van der Waals surface area contributed by atoms with Crippen LogP contribution in [0.3, 0.4) is 0 Å². The van der Waals surface area contributed by atoms with Crippen LogP contribution in [0, 0.1) is 0 Å². The first-order valence-corrected chi connectivity index (χ1v) is 7.71. The van der Waals surface area contributed by atoms with Crippen LogP contribution in [-0.4, -0.2) is 24.3 Å². The number of halogens is 2. The highest BCUT2D eigenvalue weighted by Crippen LogP contribution is 2.24. The van der Waals surface area contributed by atoms with Gasteiger partial charge in [0.2, 0.25) is 0 Å². The number of nitrogens with zero attached hydrogens (tertiary/aromatic N) is 5. The van der Waals surface area contributed by atoms with Crippen molar-refractivity contribution >= 4 is 34.1 Å². The summed E-state index contributed by atoms with van der Waals surface area (Å²) in [6.07, 6.45) is 4.44. The second-order valence-corrected chi connectivity index (χ2v) is 5.90. The van der Waals surface area contributed by atoms with Gasteiger partial charge in [0.15, 0.2) is 0 Å². The van der Waals surface area contributed by atoms with E-state index in [0.29, 0.717) is 26.6 Å². The summed E-state index contributed by atoms with van der Waals surface area (Å²) >= 11 is 12.1. The maximum absolute atomic E-state index is 12.9. The predicted octanol–water partition coefficient (Wildman–Crippen LogP) is 3.27. The summed E-state index contributed by atoms with van der Waals surface area (Å²) in [4.78, 5) is 21.1. The van der Waals surface area contributed by atoms with Crippen molar-refractivity contribution in [1.29, 1.82) is 0 Å². The zero-order chi connectivity index (χ0) is 16.7. The van der Waals surface area contributed by atoms with Crippen LogP contribution >= 0.6 is 23.2 Å². The van der Waals surface area contributed by atoms with Crippen LogP contribution in [0.25, 0.3) is 22.3 Å². The smallest absolute Gasteiger partial charge is 0.265 e. The fourth-order valence-electron chi connectivity index (χ4n) is 2.44. The second kappa shape index (κ2) is 5.74. The normalized spacial score (nSPS) is 11.1. The number of benzene rings is 2. The SMILES string of the molecule is O=c1c2cc(-n3cncn3)ccc2ncn1-c1ccc(Cl)cc1Cl. The van der Waals surface area contributed by atoms with E-state index in [1.54, 1.807) is 41.3 Å². The molecule has 0 saturated heterocycles. The maximum atomic E-state index is 12.9. The molecule has 0 unspecified atom stereocenters. The van der Waals surface area contributed by atoms with Crippen molar-refractivity contribution in [2.45, 2.75) is 0 Å². The van der Waals surface area contributed by atoms with Gasteiger partial charge >= 0.3 is 0 Å². The van der Waals surface area contributed by atoms with Crippen molar-refractivity contribution in [2.24, 2.45) is 0 Å². The van der Waals surface area contributed by atoms with E-state index in [0.717, 1.165) is 5.69 Å². The molecular weight excluding hydrogens is 349 g/mol. The molecule has 0 atom stereocenters. The molecule has 0 N–H and O–H groups in total. The number of hydrogen-bond donors (Lipinski definition) is 0. The summed E-state index contributed by atoms with van der Waals surface area (Å²) in [7, 11) is 0. The van der Waals surface area contributed by atoms with Gasteiger partial charge in [0, 0.05) is 5.02 Å². The Bertz CT molecular complexity index is 1110. The van der Waals surface area contributed by atoms with E-state index in [-0.39, 0.29) is 5.56 Å². The highest BCUT2D eigenvalue weighted by molar-refractivity contribution is 6.35. The molecule has 0 aliphatic heterocycles. The molecule has 0 aliphatic rings. The Morgan fingerprint density at radius 1 is 1.00 bits per heavy atom. The molecule has 0 amide bonds. The van der Waals surface area contributed by atoms with Crippen LogP contribution in [-0.2, 0) is 0 Å². The van der Waals surface area contributed by atoms with Gasteiger partial charge < -0.3 is 0 Å². The number of fused-ring (bicyclic) bond motifs is 1. The molecule has 0 spiro atoms. The lowest BCUT2D eigenvalue weighted by atomic mass is 10.2. The van der Waals surface area contributed by atoms with E-state index in [2.05, 4.69) is 15.1 Å². The highest BCUT2D eigenvalue weighted by Gasteiger charge is 2.10. The zero-order valence-electron chi connectivity index (χ0n) is 12.1.